The molecule has 0 atom stereocenters. The maximum Gasteiger partial charge on any atom is 0.251 e. The number of hydrogen-bond acceptors (Lipinski definition) is 4. The van der Waals surface area contributed by atoms with Gasteiger partial charge in [0.2, 0.25) is 5.91 Å². The topological polar surface area (TPSA) is 71.1 Å². The number of para-hydroxylation sites is 1. The number of halogens is 1. The summed E-state index contributed by atoms with van der Waals surface area (Å²) in [5.41, 5.74) is 2.38. The van der Waals surface area contributed by atoms with Gasteiger partial charge in [-0.2, -0.15) is 0 Å². The van der Waals surface area contributed by atoms with Crippen molar-refractivity contribution in [2.24, 2.45) is 0 Å². The predicted molar refractivity (Wildman–Crippen MR) is 96.8 cm³/mol. The SMILES string of the molecule is Cc1cccc2sc(NC(=O)CNC(=O)c3ccc(Cl)cc3)nc12. The van der Waals surface area contributed by atoms with Gasteiger partial charge < -0.3 is 10.6 Å². The molecule has 0 aliphatic heterocycles. The second kappa shape index (κ2) is 6.98. The molecule has 0 unspecified atom stereocenters. The minimum atomic E-state index is -0.332. The molecule has 0 saturated heterocycles. The zero-order valence-electron chi connectivity index (χ0n) is 12.8. The zero-order valence-corrected chi connectivity index (χ0v) is 14.4. The van der Waals surface area contributed by atoms with Crippen LogP contribution in [0.5, 0.6) is 0 Å². The molecule has 122 valence electrons. The Morgan fingerprint density at radius 3 is 2.62 bits per heavy atom. The Morgan fingerprint density at radius 1 is 1.17 bits per heavy atom. The summed E-state index contributed by atoms with van der Waals surface area (Å²) in [7, 11) is 0. The molecule has 2 aromatic carbocycles. The van der Waals surface area contributed by atoms with Gasteiger partial charge in [-0.05, 0) is 42.8 Å². The van der Waals surface area contributed by atoms with Crippen molar-refractivity contribution in [2.45, 2.75) is 6.92 Å². The van der Waals surface area contributed by atoms with Crippen LogP contribution in [0.2, 0.25) is 5.02 Å². The first-order valence-electron chi connectivity index (χ1n) is 7.23. The summed E-state index contributed by atoms with van der Waals surface area (Å²) in [5.74, 6) is -0.656. The number of hydrogen-bond donors (Lipinski definition) is 2. The number of rotatable bonds is 4. The van der Waals surface area contributed by atoms with Crippen LogP contribution in [-0.4, -0.2) is 23.3 Å². The van der Waals surface area contributed by atoms with Gasteiger partial charge in [-0.15, -0.1) is 0 Å². The number of carbonyl (C=O) groups is 2. The quantitative estimate of drug-likeness (QED) is 0.747. The lowest BCUT2D eigenvalue weighted by atomic mass is 10.2. The Hall–Kier alpha value is -2.44. The van der Waals surface area contributed by atoms with Crippen LogP contribution in [0.4, 0.5) is 5.13 Å². The number of carbonyl (C=O) groups excluding carboxylic acids is 2. The van der Waals surface area contributed by atoms with E-state index in [-0.39, 0.29) is 18.4 Å². The number of aromatic nitrogens is 1. The fraction of sp³-hybridized carbons (Fsp3) is 0.118. The summed E-state index contributed by atoms with van der Waals surface area (Å²) in [4.78, 5) is 28.3. The lowest BCUT2D eigenvalue weighted by Gasteiger charge is -2.05. The third kappa shape index (κ3) is 3.72. The standard InChI is InChI=1S/C17H14ClN3O2S/c1-10-3-2-4-13-15(10)21-17(24-13)20-14(22)9-19-16(23)11-5-7-12(18)8-6-11/h2-8H,9H2,1H3,(H,19,23)(H,20,21,22). The van der Waals surface area contributed by atoms with Crippen LogP contribution in [-0.2, 0) is 4.79 Å². The Morgan fingerprint density at radius 2 is 1.92 bits per heavy atom. The van der Waals surface area contributed by atoms with Crippen molar-refractivity contribution in [3.63, 3.8) is 0 Å². The van der Waals surface area contributed by atoms with E-state index in [9.17, 15) is 9.59 Å². The van der Waals surface area contributed by atoms with Crippen molar-refractivity contribution in [1.82, 2.24) is 10.3 Å². The Labute approximate surface area is 147 Å². The highest BCUT2D eigenvalue weighted by Crippen LogP contribution is 2.27. The summed E-state index contributed by atoms with van der Waals surface area (Å²) in [6.45, 7) is 1.84. The van der Waals surface area contributed by atoms with E-state index in [1.54, 1.807) is 24.3 Å². The molecule has 2 N–H and O–H groups in total. The largest absolute Gasteiger partial charge is 0.343 e. The summed E-state index contributed by atoms with van der Waals surface area (Å²) >= 11 is 7.18. The van der Waals surface area contributed by atoms with E-state index in [4.69, 9.17) is 11.6 Å². The highest BCUT2D eigenvalue weighted by molar-refractivity contribution is 7.22. The average molecular weight is 360 g/mol. The van der Waals surface area contributed by atoms with Crippen molar-refractivity contribution in [2.75, 3.05) is 11.9 Å². The van der Waals surface area contributed by atoms with Crippen LogP contribution in [0.1, 0.15) is 15.9 Å². The van der Waals surface area contributed by atoms with Crippen molar-refractivity contribution < 1.29 is 9.59 Å². The molecular weight excluding hydrogens is 346 g/mol. The van der Waals surface area contributed by atoms with Gasteiger partial charge in [-0.25, -0.2) is 4.98 Å². The summed E-state index contributed by atoms with van der Waals surface area (Å²) in [6, 6.07) is 12.3. The van der Waals surface area contributed by atoms with Crippen LogP contribution in [0.3, 0.4) is 0 Å². The van der Waals surface area contributed by atoms with Gasteiger partial charge in [-0.1, -0.05) is 35.1 Å². The van der Waals surface area contributed by atoms with Gasteiger partial charge in [0.05, 0.1) is 16.8 Å². The van der Waals surface area contributed by atoms with Gasteiger partial charge in [0, 0.05) is 10.6 Å². The molecule has 2 amide bonds. The maximum absolute atomic E-state index is 12.0. The van der Waals surface area contributed by atoms with Crippen molar-refractivity contribution in [3.8, 4) is 0 Å². The van der Waals surface area contributed by atoms with Crippen molar-refractivity contribution in [1.29, 1.82) is 0 Å². The number of nitrogens with zero attached hydrogens (tertiary/aromatic N) is 1. The fourth-order valence-electron chi connectivity index (χ4n) is 2.17. The molecule has 5 nitrogen and oxygen atoms in total. The molecule has 0 aliphatic rings. The van der Waals surface area contributed by atoms with E-state index in [2.05, 4.69) is 15.6 Å². The highest BCUT2D eigenvalue weighted by atomic mass is 35.5. The van der Waals surface area contributed by atoms with Crippen LogP contribution in [0.25, 0.3) is 10.2 Å². The van der Waals surface area contributed by atoms with Gasteiger partial charge >= 0.3 is 0 Å². The molecule has 24 heavy (non-hydrogen) atoms. The molecule has 3 rings (SSSR count). The second-order valence-corrected chi connectivity index (χ2v) is 6.65. The maximum atomic E-state index is 12.0. The minimum Gasteiger partial charge on any atom is -0.343 e. The Kier molecular flexibility index (Phi) is 4.78. The van der Waals surface area contributed by atoms with Gasteiger partial charge in [0.15, 0.2) is 5.13 Å². The molecular formula is C17H14ClN3O2S. The number of aryl methyl sites for hydroxylation is 1. The lowest BCUT2D eigenvalue weighted by molar-refractivity contribution is -0.115. The molecule has 0 fully saturated rings. The van der Waals surface area contributed by atoms with E-state index < -0.39 is 0 Å². The number of amides is 2. The normalized spacial score (nSPS) is 10.6. The van der Waals surface area contributed by atoms with Gasteiger partial charge in [-0.3, -0.25) is 9.59 Å². The fourth-order valence-corrected chi connectivity index (χ4v) is 3.25. The summed E-state index contributed by atoms with van der Waals surface area (Å²) in [5, 5.41) is 6.34. The first-order chi connectivity index (χ1) is 11.5. The van der Waals surface area contributed by atoms with Crippen LogP contribution < -0.4 is 10.6 Å². The van der Waals surface area contributed by atoms with Crippen molar-refractivity contribution >= 4 is 50.1 Å². The van der Waals surface area contributed by atoms with E-state index >= 15 is 0 Å². The van der Waals surface area contributed by atoms with E-state index in [1.807, 2.05) is 25.1 Å². The average Bonchev–Trinajstić information content (AvgIpc) is 2.97. The number of nitrogens with one attached hydrogen (secondary N) is 2. The monoisotopic (exact) mass is 359 g/mol. The lowest BCUT2D eigenvalue weighted by Crippen LogP contribution is -2.32. The Bertz CT molecular complexity index is 906. The van der Waals surface area contributed by atoms with E-state index in [0.717, 1.165) is 15.8 Å². The molecule has 7 heteroatoms. The molecule has 0 bridgehead atoms. The van der Waals surface area contributed by atoms with E-state index in [0.29, 0.717) is 15.7 Å². The number of thiazole rings is 1. The molecule has 0 spiro atoms. The number of anilines is 1. The number of benzene rings is 2. The predicted octanol–water partition coefficient (Wildman–Crippen LogP) is 3.63. The second-order valence-electron chi connectivity index (χ2n) is 5.18. The molecule has 0 radical (unpaired) electrons. The third-order valence-corrected chi connectivity index (χ3v) is 4.57. The molecule has 0 saturated carbocycles. The molecule has 3 aromatic rings. The van der Waals surface area contributed by atoms with Crippen LogP contribution in [0, 0.1) is 6.92 Å². The van der Waals surface area contributed by atoms with Crippen LogP contribution in [0.15, 0.2) is 42.5 Å². The molecule has 1 heterocycles. The summed E-state index contributed by atoms with van der Waals surface area (Å²) < 4.78 is 1.01. The van der Waals surface area contributed by atoms with Gasteiger partial charge in [0.25, 0.3) is 5.91 Å². The first-order valence-corrected chi connectivity index (χ1v) is 8.42. The van der Waals surface area contributed by atoms with Gasteiger partial charge in [0.1, 0.15) is 0 Å². The van der Waals surface area contributed by atoms with Crippen LogP contribution >= 0.6 is 22.9 Å². The number of fused-ring (bicyclic) bond motifs is 1. The first kappa shape index (κ1) is 16.4. The third-order valence-electron chi connectivity index (χ3n) is 3.38. The van der Waals surface area contributed by atoms with E-state index in [1.165, 1.54) is 11.3 Å². The zero-order chi connectivity index (χ0) is 17.1. The highest BCUT2D eigenvalue weighted by Gasteiger charge is 2.11. The Balaban J connectivity index is 1.59. The molecule has 1 aromatic heterocycles. The minimum absolute atomic E-state index is 0.129. The summed E-state index contributed by atoms with van der Waals surface area (Å²) in [6.07, 6.45) is 0. The molecule has 0 aliphatic carbocycles. The van der Waals surface area contributed by atoms with Crippen molar-refractivity contribution in [3.05, 3.63) is 58.6 Å². The smallest absolute Gasteiger partial charge is 0.251 e.